The third-order valence-corrected chi connectivity index (χ3v) is 7.64. The van der Waals surface area contributed by atoms with Crippen LogP contribution in [0.25, 0.3) is 0 Å². The monoisotopic (exact) mass is 395 g/mol. The standard InChI is InChI=1S/C15H17N5O4S2/c21-20(22)12-3-1-2-4-13(12)26(23,24)19-9-7-18(8-10-19)15-17-16-14(25-15)11-5-6-11/h1-4,11H,5-10H2. The number of nitrogens with zero attached hydrogens (tertiary/aromatic N) is 5. The molecule has 0 amide bonds. The highest BCUT2D eigenvalue weighted by Crippen LogP contribution is 2.42. The van der Waals surface area contributed by atoms with E-state index in [0.717, 1.165) is 23.0 Å². The van der Waals surface area contributed by atoms with E-state index in [1.54, 1.807) is 11.3 Å². The molecular weight excluding hydrogens is 378 g/mol. The summed E-state index contributed by atoms with van der Waals surface area (Å²) in [7, 11) is -3.91. The average molecular weight is 395 g/mol. The summed E-state index contributed by atoms with van der Waals surface area (Å²) < 4.78 is 27.0. The number of hydrogen-bond donors (Lipinski definition) is 0. The number of nitro benzene ring substituents is 1. The van der Waals surface area contributed by atoms with Gasteiger partial charge in [0.1, 0.15) is 5.01 Å². The highest BCUT2D eigenvalue weighted by atomic mass is 32.2. The first-order valence-electron chi connectivity index (χ1n) is 8.29. The van der Waals surface area contributed by atoms with Gasteiger partial charge in [-0.2, -0.15) is 4.31 Å². The van der Waals surface area contributed by atoms with Gasteiger partial charge in [-0.25, -0.2) is 8.42 Å². The zero-order chi connectivity index (χ0) is 18.3. The van der Waals surface area contributed by atoms with Crippen molar-refractivity contribution in [3.8, 4) is 0 Å². The van der Waals surface area contributed by atoms with Crippen LogP contribution in [-0.4, -0.2) is 54.0 Å². The molecule has 0 bridgehead atoms. The second-order valence-electron chi connectivity index (χ2n) is 6.31. The fourth-order valence-corrected chi connectivity index (χ4v) is 5.58. The molecule has 11 heteroatoms. The number of anilines is 1. The van der Waals surface area contributed by atoms with Crippen molar-refractivity contribution in [1.82, 2.24) is 14.5 Å². The van der Waals surface area contributed by atoms with Crippen LogP contribution in [0, 0.1) is 10.1 Å². The topological polar surface area (TPSA) is 110 Å². The number of hydrogen-bond acceptors (Lipinski definition) is 8. The van der Waals surface area contributed by atoms with E-state index in [4.69, 9.17) is 0 Å². The molecule has 2 fully saturated rings. The largest absolute Gasteiger partial charge is 0.344 e. The van der Waals surface area contributed by atoms with Gasteiger partial charge in [-0.3, -0.25) is 10.1 Å². The lowest BCUT2D eigenvalue weighted by molar-refractivity contribution is -0.387. The van der Waals surface area contributed by atoms with E-state index >= 15 is 0 Å². The van der Waals surface area contributed by atoms with Crippen molar-refractivity contribution < 1.29 is 13.3 Å². The molecule has 1 aromatic carbocycles. The summed E-state index contributed by atoms with van der Waals surface area (Å²) in [5.41, 5.74) is -0.395. The van der Waals surface area contributed by atoms with Crippen LogP contribution in [0.15, 0.2) is 29.2 Å². The Labute approximate surface area is 154 Å². The van der Waals surface area contributed by atoms with Gasteiger partial charge in [0, 0.05) is 38.2 Å². The predicted octanol–water partition coefficient (Wildman–Crippen LogP) is 1.83. The Bertz CT molecular complexity index is 933. The number of para-hydroxylation sites is 1. The molecule has 4 rings (SSSR count). The number of piperazine rings is 1. The van der Waals surface area contributed by atoms with Crippen LogP contribution in [-0.2, 0) is 10.0 Å². The molecule has 1 aromatic heterocycles. The smallest absolute Gasteiger partial charge is 0.289 e. The summed E-state index contributed by atoms with van der Waals surface area (Å²) >= 11 is 1.57. The maximum atomic E-state index is 12.8. The van der Waals surface area contributed by atoms with Crippen LogP contribution in [0.4, 0.5) is 10.8 Å². The van der Waals surface area contributed by atoms with E-state index in [2.05, 4.69) is 10.2 Å². The first-order chi connectivity index (χ1) is 12.5. The fourth-order valence-electron chi connectivity index (χ4n) is 2.93. The maximum Gasteiger partial charge on any atom is 0.289 e. The Morgan fingerprint density at radius 2 is 1.81 bits per heavy atom. The van der Waals surface area contributed by atoms with Gasteiger partial charge in [0.25, 0.3) is 5.69 Å². The highest BCUT2D eigenvalue weighted by Gasteiger charge is 2.34. The Morgan fingerprint density at radius 3 is 2.46 bits per heavy atom. The quantitative estimate of drug-likeness (QED) is 0.561. The summed E-state index contributed by atoms with van der Waals surface area (Å²) in [6.07, 6.45) is 2.33. The molecule has 9 nitrogen and oxygen atoms in total. The first kappa shape index (κ1) is 17.3. The summed E-state index contributed by atoms with van der Waals surface area (Å²) in [5, 5.41) is 21.5. The molecule has 138 valence electrons. The minimum absolute atomic E-state index is 0.257. The molecule has 1 aliphatic heterocycles. The van der Waals surface area contributed by atoms with Gasteiger partial charge in [0.05, 0.1) is 4.92 Å². The number of nitro groups is 1. The van der Waals surface area contributed by atoms with Crippen LogP contribution in [0.5, 0.6) is 0 Å². The van der Waals surface area contributed by atoms with E-state index in [0.29, 0.717) is 19.0 Å². The van der Waals surface area contributed by atoms with E-state index in [1.807, 2.05) is 4.90 Å². The van der Waals surface area contributed by atoms with Gasteiger partial charge in [-0.05, 0) is 18.9 Å². The number of sulfonamides is 1. The maximum absolute atomic E-state index is 12.8. The van der Waals surface area contributed by atoms with Crippen molar-refractivity contribution in [2.75, 3.05) is 31.1 Å². The third-order valence-electron chi connectivity index (χ3n) is 4.55. The average Bonchev–Trinajstić information content (AvgIpc) is 3.39. The Morgan fingerprint density at radius 1 is 1.12 bits per heavy atom. The van der Waals surface area contributed by atoms with Gasteiger partial charge in [0.15, 0.2) is 4.90 Å². The number of rotatable bonds is 5. The number of aromatic nitrogens is 2. The van der Waals surface area contributed by atoms with Crippen LogP contribution in [0.2, 0.25) is 0 Å². The summed E-state index contributed by atoms with van der Waals surface area (Å²) in [6, 6.07) is 5.45. The molecule has 1 saturated heterocycles. The van der Waals surface area contributed by atoms with Crippen molar-refractivity contribution >= 4 is 32.2 Å². The Kier molecular flexibility index (Phi) is 4.37. The lowest BCUT2D eigenvalue weighted by atomic mass is 10.3. The van der Waals surface area contributed by atoms with Gasteiger partial charge in [-0.15, -0.1) is 10.2 Å². The van der Waals surface area contributed by atoms with Gasteiger partial charge < -0.3 is 4.90 Å². The van der Waals surface area contributed by atoms with Crippen molar-refractivity contribution in [3.63, 3.8) is 0 Å². The second kappa shape index (κ2) is 6.56. The van der Waals surface area contributed by atoms with Gasteiger partial charge >= 0.3 is 0 Å². The zero-order valence-electron chi connectivity index (χ0n) is 13.8. The Hall–Kier alpha value is -2.11. The molecule has 2 heterocycles. The molecule has 0 atom stereocenters. The minimum Gasteiger partial charge on any atom is -0.344 e. The molecule has 0 N–H and O–H groups in total. The molecule has 0 unspecified atom stereocenters. The predicted molar refractivity (Wildman–Crippen MR) is 96.0 cm³/mol. The van der Waals surface area contributed by atoms with Crippen LogP contribution in [0.1, 0.15) is 23.8 Å². The van der Waals surface area contributed by atoms with Gasteiger partial charge in [-0.1, -0.05) is 23.5 Å². The molecule has 1 aliphatic carbocycles. The van der Waals surface area contributed by atoms with Crippen LogP contribution >= 0.6 is 11.3 Å². The molecule has 2 aliphatic rings. The van der Waals surface area contributed by atoms with E-state index in [-0.39, 0.29) is 18.0 Å². The van der Waals surface area contributed by atoms with E-state index in [1.165, 1.54) is 28.6 Å². The van der Waals surface area contributed by atoms with Crippen molar-refractivity contribution in [2.24, 2.45) is 0 Å². The fraction of sp³-hybridized carbons (Fsp3) is 0.467. The van der Waals surface area contributed by atoms with Crippen molar-refractivity contribution in [1.29, 1.82) is 0 Å². The molecule has 2 aromatic rings. The van der Waals surface area contributed by atoms with E-state index < -0.39 is 20.6 Å². The minimum atomic E-state index is -3.91. The van der Waals surface area contributed by atoms with Crippen LogP contribution in [0.3, 0.4) is 0 Å². The molecule has 1 saturated carbocycles. The molecular formula is C15H17N5O4S2. The van der Waals surface area contributed by atoms with Crippen LogP contribution < -0.4 is 4.90 Å². The molecule has 26 heavy (non-hydrogen) atoms. The first-order valence-corrected chi connectivity index (χ1v) is 10.5. The highest BCUT2D eigenvalue weighted by molar-refractivity contribution is 7.89. The summed E-state index contributed by atoms with van der Waals surface area (Å²) in [4.78, 5) is 12.3. The summed E-state index contributed by atoms with van der Waals surface area (Å²) in [5.74, 6) is 0.543. The molecule has 0 spiro atoms. The van der Waals surface area contributed by atoms with Crippen molar-refractivity contribution in [2.45, 2.75) is 23.7 Å². The van der Waals surface area contributed by atoms with Gasteiger partial charge in [0.2, 0.25) is 15.2 Å². The lowest BCUT2D eigenvalue weighted by Crippen LogP contribution is -2.48. The SMILES string of the molecule is O=[N+]([O-])c1ccccc1S(=O)(=O)N1CCN(c2nnc(C3CC3)s2)CC1. The number of benzene rings is 1. The Balaban J connectivity index is 1.49. The molecule has 0 radical (unpaired) electrons. The third kappa shape index (κ3) is 3.17. The van der Waals surface area contributed by atoms with E-state index in [9.17, 15) is 18.5 Å². The second-order valence-corrected chi connectivity index (χ2v) is 9.21. The summed E-state index contributed by atoms with van der Waals surface area (Å²) in [6.45, 7) is 1.48. The normalized spacial score (nSPS) is 18.8. The zero-order valence-corrected chi connectivity index (χ0v) is 15.4. The lowest BCUT2D eigenvalue weighted by Gasteiger charge is -2.33. The van der Waals surface area contributed by atoms with Crippen molar-refractivity contribution in [3.05, 3.63) is 39.4 Å².